The molecule has 1 aromatic heterocycles. The zero-order chi connectivity index (χ0) is 28.7. The summed E-state index contributed by atoms with van der Waals surface area (Å²) in [6.45, 7) is 0.311. The molecule has 2 aliphatic heterocycles. The Hall–Kier alpha value is -3.65. The molecular weight excluding hydrogens is 556 g/mol. The van der Waals surface area contributed by atoms with E-state index >= 15 is 4.39 Å². The molecule has 2 fully saturated rings. The van der Waals surface area contributed by atoms with E-state index in [2.05, 4.69) is 10.5 Å². The molecule has 0 radical (unpaired) electrons. The van der Waals surface area contributed by atoms with Gasteiger partial charge in [-0.25, -0.2) is 12.8 Å². The molecule has 1 N–H and O–H groups in total. The predicted octanol–water partition coefficient (Wildman–Crippen LogP) is 4.72. The van der Waals surface area contributed by atoms with Crippen LogP contribution in [0.2, 0.25) is 0 Å². The molecule has 0 saturated carbocycles. The molecule has 5 rings (SSSR count). The van der Waals surface area contributed by atoms with Crippen molar-refractivity contribution < 1.29 is 40.0 Å². The van der Waals surface area contributed by atoms with Gasteiger partial charge in [0.25, 0.3) is 0 Å². The van der Waals surface area contributed by atoms with Gasteiger partial charge < -0.3 is 19.5 Å². The van der Waals surface area contributed by atoms with E-state index in [4.69, 9.17) is 9.26 Å². The topological polar surface area (TPSA) is 105 Å². The molecule has 0 aliphatic carbocycles. The van der Waals surface area contributed by atoms with Crippen LogP contribution >= 0.6 is 0 Å². The van der Waals surface area contributed by atoms with Crippen LogP contribution in [0.3, 0.4) is 0 Å². The third-order valence-corrected chi connectivity index (χ3v) is 8.91. The first-order chi connectivity index (χ1) is 19.0. The van der Waals surface area contributed by atoms with Gasteiger partial charge >= 0.3 is 6.18 Å². The molecule has 14 heteroatoms. The fraction of sp³-hybridized carbons (Fsp3) is 0.385. The molecule has 2 atom stereocenters. The van der Waals surface area contributed by atoms with Gasteiger partial charge in [0.15, 0.2) is 5.82 Å². The Kier molecular flexibility index (Phi) is 7.48. The second kappa shape index (κ2) is 10.7. The molecule has 0 bridgehead atoms. The molecule has 2 aromatic carbocycles. The van der Waals surface area contributed by atoms with Gasteiger partial charge in [-0.15, -0.1) is 0 Å². The number of aromatic nitrogens is 1. The minimum Gasteiger partial charge on any atom is -0.495 e. The van der Waals surface area contributed by atoms with Gasteiger partial charge in [0.05, 0.1) is 18.4 Å². The quantitative estimate of drug-likeness (QED) is 0.402. The number of methoxy groups -OCH3 is 1. The van der Waals surface area contributed by atoms with Crippen molar-refractivity contribution in [3.8, 4) is 16.9 Å². The van der Waals surface area contributed by atoms with E-state index in [1.807, 2.05) is 0 Å². The number of benzene rings is 2. The number of hydrogen-bond donors (Lipinski definition) is 1. The monoisotopic (exact) mass is 582 g/mol. The van der Waals surface area contributed by atoms with E-state index < -0.39 is 33.6 Å². The van der Waals surface area contributed by atoms with E-state index in [0.717, 1.165) is 18.2 Å². The normalized spacial score (nSPS) is 20.3. The van der Waals surface area contributed by atoms with Crippen LogP contribution in [0.1, 0.15) is 24.8 Å². The van der Waals surface area contributed by atoms with E-state index in [1.54, 1.807) is 0 Å². The summed E-state index contributed by atoms with van der Waals surface area (Å²) in [7, 11) is -2.37. The van der Waals surface area contributed by atoms with Crippen molar-refractivity contribution in [3.05, 3.63) is 60.1 Å². The Morgan fingerprint density at radius 3 is 2.67 bits per heavy atom. The number of hydrogen-bond acceptors (Lipinski definition) is 7. The lowest BCUT2D eigenvalue weighted by Crippen LogP contribution is -2.57. The van der Waals surface area contributed by atoms with Crippen LogP contribution in [0, 0.1) is 11.7 Å². The second-order valence-corrected chi connectivity index (χ2v) is 11.6. The van der Waals surface area contributed by atoms with Crippen molar-refractivity contribution in [1.82, 2.24) is 9.46 Å². The van der Waals surface area contributed by atoms with Gasteiger partial charge in [-0.2, -0.15) is 17.5 Å². The zero-order valence-corrected chi connectivity index (χ0v) is 22.1. The number of carbonyl (C=O) groups is 1. The van der Waals surface area contributed by atoms with Crippen LogP contribution < -0.4 is 15.0 Å². The molecule has 9 nitrogen and oxygen atoms in total. The summed E-state index contributed by atoms with van der Waals surface area (Å²) in [5.74, 6) is -1.27. The molecule has 0 spiro atoms. The Balaban J connectivity index is 1.40. The number of anilines is 2. The van der Waals surface area contributed by atoms with Crippen molar-refractivity contribution in [3.63, 3.8) is 0 Å². The smallest absolute Gasteiger partial charge is 0.416 e. The van der Waals surface area contributed by atoms with Gasteiger partial charge in [0.2, 0.25) is 15.9 Å². The number of alkyl halides is 3. The van der Waals surface area contributed by atoms with Crippen LogP contribution in [0.25, 0.3) is 11.1 Å². The fourth-order valence-electron chi connectivity index (χ4n) is 5.33. The van der Waals surface area contributed by atoms with Crippen LogP contribution in [0.4, 0.5) is 29.1 Å². The summed E-state index contributed by atoms with van der Waals surface area (Å²) < 4.78 is 92.6. The number of fused-ring (bicyclic) bond motifs is 1. The summed E-state index contributed by atoms with van der Waals surface area (Å²) in [6, 6.07) is 7.78. The van der Waals surface area contributed by atoms with Gasteiger partial charge in [-0.05, 0) is 42.5 Å². The maximum atomic E-state index is 15.4. The number of carbonyl (C=O) groups excluding carboxylic acids is 1. The Bertz CT molecular complexity index is 1500. The van der Waals surface area contributed by atoms with Crippen LogP contribution in [0.15, 0.2) is 53.3 Å². The van der Waals surface area contributed by atoms with Crippen molar-refractivity contribution in [2.75, 3.05) is 36.3 Å². The van der Waals surface area contributed by atoms with E-state index in [-0.39, 0.29) is 65.6 Å². The van der Waals surface area contributed by atoms with E-state index in [0.29, 0.717) is 12.8 Å². The molecule has 2 aliphatic rings. The Morgan fingerprint density at radius 2 is 1.98 bits per heavy atom. The molecular formula is C26H26F4N4O5S. The highest BCUT2D eigenvalue weighted by atomic mass is 32.2. The second-order valence-electron chi connectivity index (χ2n) is 9.68. The zero-order valence-electron chi connectivity index (χ0n) is 21.3. The fourth-order valence-corrected chi connectivity index (χ4v) is 6.64. The lowest BCUT2D eigenvalue weighted by molar-refractivity contribution is -0.137. The maximum Gasteiger partial charge on any atom is 0.416 e. The number of sulfonamides is 1. The average molecular weight is 583 g/mol. The summed E-state index contributed by atoms with van der Waals surface area (Å²) in [5.41, 5.74) is -0.857. The largest absolute Gasteiger partial charge is 0.495 e. The number of ether oxygens (including phenoxy) is 1. The highest BCUT2D eigenvalue weighted by Gasteiger charge is 2.43. The molecule has 3 aromatic rings. The first-order valence-corrected chi connectivity index (χ1v) is 14.1. The van der Waals surface area contributed by atoms with Gasteiger partial charge in [-0.1, -0.05) is 17.3 Å². The van der Waals surface area contributed by atoms with Crippen molar-refractivity contribution in [1.29, 1.82) is 0 Å². The molecule has 214 valence electrons. The highest BCUT2D eigenvalue weighted by Crippen LogP contribution is 2.42. The summed E-state index contributed by atoms with van der Waals surface area (Å²) in [5, 5.41) is 6.35. The SMILES string of the molecule is COc1cc(-c2cccc(C(F)(F)F)c2)c(F)cc1N1C(=O)CCC2CN(S(=O)(=O)CNc3ccon3)CCC21. The number of amides is 1. The Morgan fingerprint density at radius 1 is 1.18 bits per heavy atom. The number of piperidine rings is 2. The van der Waals surface area contributed by atoms with Crippen molar-refractivity contribution in [2.24, 2.45) is 5.92 Å². The number of nitrogens with one attached hydrogen (secondary N) is 1. The van der Waals surface area contributed by atoms with E-state index in [9.17, 15) is 26.4 Å². The summed E-state index contributed by atoms with van der Waals surface area (Å²) in [4.78, 5) is 14.6. The first-order valence-electron chi connectivity index (χ1n) is 12.5. The van der Waals surface area contributed by atoms with Crippen molar-refractivity contribution >= 4 is 27.4 Å². The third kappa shape index (κ3) is 5.50. The number of nitrogens with zero attached hydrogens (tertiary/aromatic N) is 3. The number of rotatable bonds is 7. The molecule has 3 heterocycles. The first kappa shape index (κ1) is 27.9. The molecule has 2 unspecified atom stereocenters. The van der Waals surface area contributed by atoms with Crippen molar-refractivity contribution in [2.45, 2.75) is 31.5 Å². The molecule has 40 heavy (non-hydrogen) atoms. The van der Waals surface area contributed by atoms with Crippen LogP contribution in [-0.2, 0) is 21.0 Å². The van der Waals surface area contributed by atoms with Gasteiger partial charge in [-0.3, -0.25) is 4.79 Å². The van der Waals surface area contributed by atoms with Gasteiger partial charge in [0.1, 0.15) is 23.7 Å². The van der Waals surface area contributed by atoms with E-state index in [1.165, 1.54) is 46.8 Å². The van der Waals surface area contributed by atoms with Crippen LogP contribution in [0.5, 0.6) is 5.75 Å². The number of halogens is 4. The maximum absolute atomic E-state index is 15.4. The molecule has 2 saturated heterocycles. The molecule has 1 amide bonds. The van der Waals surface area contributed by atoms with Crippen LogP contribution in [-0.4, -0.2) is 55.9 Å². The lowest BCUT2D eigenvalue weighted by atomic mass is 9.84. The average Bonchev–Trinajstić information content (AvgIpc) is 3.45. The summed E-state index contributed by atoms with van der Waals surface area (Å²) in [6.07, 6.45) is -2.40. The minimum absolute atomic E-state index is 0.0118. The standard InChI is InChI=1S/C26H26F4N4O5S/c1-38-23-12-19(16-3-2-4-18(11-16)26(28,29)30)20(27)13-22(23)34-21-7-9-33(14-17(21)5-6-25(34)35)40(36,37)15-31-24-8-10-39-32-24/h2-4,8,10-13,17,21H,5-7,9,14-15H2,1H3,(H,31,32). The Labute approximate surface area is 227 Å². The highest BCUT2D eigenvalue weighted by molar-refractivity contribution is 7.89. The minimum atomic E-state index is -4.60. The predicted molar refractivity (Wildman–Crippen MR) is 137 cm³/mol. The van der Waals surface area contributed by atoms with Gasteiger partial charge in [0, 0.05) is 43.2 Å². The lowest BCUT2D eigenvalue weighted by Gasteiger charge is -2.46. The third-order valence-electron chi connectivity index (χ3n) is 7.28. The summed E-state index contributed by atoms with van der Waals surface area (Å²) >= 11 is 0.